The van der Waals surface area contributed by atoms with E-state index in [9.17, 15) is 0 Å². The summed E-state index contributed by atoms with van der Waals surface area (Å²) in [4.78, 5) is 0. The van der Waals surface area contributed by atoms with Crippen molar-refractivity contribution in [2.45, 2.75) is 50.8 Å². The van der Waals surface area contributed by atoms with E-state index >= 15 is 0 Å². The Balaban J connectivity index is 2.07. The van der Waals surface area contributed by atoms with Gasteiger partial charge >= 0.3 is 0 Å². The normalized spacial score (nSPS) is 39.6. The summed E-state index contributed by atoms with van der Waals surface area (Å²) in [6.07, 6.45) is 5.89. The summed E-state index contributed by atoms with van der Waals surface area (Å²) in [5.41, 5.74) is -0.698. The van der Waals surface area contributed by atoms with Crippen LogP contribution in [0.25, 0.3) is 0 Å². The number of rotatable bonds is 1. The molecule has 2 aliphatic heterocycles. The summed E-state index contributed by atoms with van der Waals surface area (Å²) in [7, 11) is 0. The molecule has 0 radical (unpaired) electrons. The molecule has 0 aromatic rings. The number of terminal acetylenes is 1. The van der Waals surface area contributed by atoms with Gasteiger partial charge in [0.15, 0.2) is 17.5 Å². The molecule has 0 saturated carbocycles. The molecule has 0 aliphatic carbocycles. The lowest BCUT2D eigenvalue weighted by atomic mass is 10.00. The van der Waals surface area contributed by atoms with Crippen molar-refractivity contribution in [1.29, 1.82) is 0 Å². The van der Waals surface area contributed by atoms with Gasteiger partial charge in [-0.05, 0) is 13.8 Å². The molecule has 0 spiro atoms. The Bertz CT molecular complexity index is 382. The van der Waals surface area contributed by atoms with Crippen LogP contribution in [0.3, 0.4) is 0 Å². The van der Waals surface area contributed by atoms with Crippen molar-refractivity contribution in [3.05, 3.63) is 0 Å². The van der Waals surface area contributed by atoms with Gasteiger partial charge in [0, 0.05) is 6.42 Å². The summed E-state index contributed by atoms with van der Waals surface area (Å²) in [6.45, 7) is 6.19. The number of ether oxygens (including phenoxy) is 3. The summed E-state index contributed by atoms with van der Waals surface area (Å²) < 4.78 is 16.7. The van der Waals surface area contributed by atoms with Crippen molar-refractivity contribution >= 4 is 0 Å². The molecule has 0 aromatic heterocycles. The molecule has 2 saturated heterocycles. The topological polar surface area (TPSA) is 31.0 Å². The maximum Gasteiger partial charge on any atom is 0.195 e. The largest absolute Gasteiger partial charge is 0.348 e. The van der Waals surface area contributed by atoms with E-state index in [2.05, 4.69) is 17.8 Å². The highest BCUT2D eigenvalue weighted by molar-refractivity contribution is 5.35. The van der Waals surface area contributed by atoms with Crippen molar-refractivity contribution < 1.29 is 14.2 Å². The number of hydrogen-bond donors (Lipinski definition) is 0. The molecule has 0 aromatic carbocycles. The second-order valence-electron chi connectivity index (χ2n) is 4.43. The zero-order valence-corrected chi connectivity index (χ0v) is 9.87. The third-order valence-corrected chi connectivity index (χ3v) is 2.77. The highest BCUT2D eigenvalue weighted by Crippen LogP contribution is 2.44. The molecule has 2 rings (SSSR count). The zero-order chi connectivity index (χ0) is 11.8. The Morgan fingerprint density at radius 2 is 2.12 bits per heavy atom. The van der Waals surface area contributed by atoms with Crippen LogP contribution in [0.1, 0.15) is 27.2 Å². The molecule has 2 aliphatic rings. The molecular weight excluding hydrogens is 204 g/mol. The van der Waals surface area contributed by atoms with Crippen LogP contribution in [0.2, 0.25) is 0 Å². The van der Waals surface area contributed by atoms with E-state index in [0.29, 0.717) is 6.61 Å². The molecule has 0 amide bonds. The SMILES string of the molecule is C#C[C@]1([C@H]2COC(C)(C)O2)O[C@@H]1C#CCC. The minimum absolute atomic E-state index is 0.208. The summed E-state index contributed by atoms with van der Waals surface area (Å²) >= 11 is 0. The smallest absolute Gasteiger partial charge is 0.195 e. The fraction of sp³-hybridized carbons (Fsp3) is 0.692. The Morgan fingerprint density at radius 3 is 2.62 bits per heavy atom. The van der Waals surface area contributed by atoms with Crippen LogP contribution in [0, 0.1) is 24.2 Å². The molecule has 2 fully saturated rings. The van der Waals surface area contributed by atoms with E-state index in [1.807, 2.05) is 20.8 Å². The Hall–Kier alpha value is -1.00. The van der Waals surface area contributed by atoms with E-state index in [4.69, 9.17) is 20.6 Å². The average Bonchev–Trinajstić information content (AvgIpc) is 2.85. The van der Waals surface area contributed by atoms with E-state index in [1.165, 1.54) is 0 Å². The van der Waals surface area contributed by atoms with Crippen LogP contribution in [0.4, 0.5) is 0 Å². The van der Waals surface area contributed by atoms with E-state index in [1.54, 1.807) is 0 Å². The van der Waals surface area contributed by atoms with Crippen LogP contribution in [-0.2, 0) is 14.2 Å². The molecule has 16 heavy (non-hydrogen) atoms. The van der Waals surface area contributed by atoms with E-state index in [0.717, 1.165) is 6.42 Å². The molecule has 3 atom stereocenters. The van der Waals surface area contributed by atoms with Crippen molar-refractivity contribution in [3.8, 4) is 24.2 Å². The molecule has 3 nitrogen and oxygen atoms in total. The fourth-order valence-corrected chi connectivity index (χ4v) is 1.84. The summed E-state index contributed by atoms with van der Waals surface area (Å²) in [6, 6.07) is 0. The highest BCUT2D eigenvalue weighted by Gasteiger charge is 2.64. The fourth-order valence-electron chi connectivity index (χ4n) is 1.84. The van der Waals surface area contributed by atoms with Crippen molar-refractivity contribution in [1.82, 2.24) is 0 Å². The van der Waals surface area contributed by atoms with Gasteiger partial charge in [-0.25, -0.2) is 0 Å². The first-order valence-electron chi connectivity index (χ1n) is 5.50. The Labute approximate surface area is 96.4 Å². The number of epoxide rings is 1. The van der Waals surface area contributed by atoms with Gasteiger partial charge < -0.3 is 14.2 Å². The van der Waals surface area contributed by atoms with Gasteiger partial charge in [-0.1, -0.05) is 18.8 Å². The highest BCUT2D eigenvalue weighted by atomic mass is 16.8. The predicted octanol–water partition coefficient (Wildman–Crippen LogP) is 1.32. The first-order valence-corrected chi connectivity index (χ1v) is 5.50. The van der Waals surface area contributed by atoms with Gasteiger partial charge in [0.25, 0.3) is 0 Å². The van der Waals surface area contributed by atoms with E-state index in [-0.39, 0.29) is 12.2 Å². The molecule has 2 heterocycles. The molecule has 0 N–H and O–H groups in total. The first-order chi connectivity index (χ1) is 7.54. The second kappa shape index (κ2) is 3.79. The quantitative estimate of drug-likeness (QED) is 0.493. The average molecular weight is 220 g/mol. The van der Waals surface area contributed by atoms with Gasteiger partial charge in [-0.3, -0.25) is 0 Å². The standard InChI is InChI=1S/C13H16O3/c1-5-7-8-10-13(6-2,16-10)11-9-14-12(3,4)15-11/h2,10-11H,5,9H2,1,3-4H3/t10-,11-,13+/m1/s1. The molecule has 86 valence electrons. The third-order valence-electron chi connectivity index (χ3n) is 2.77. The van der Waals surface area contributed by atoms with E-state index < -0.39 is 11.4 Å². The van der Waals surface area contributed by atoms with Crippen LogP contribution < -0.4 is 0 Å². The van der Waals surface area contributed by atoms with Crippen molar-refractivity contribution in [2.75, 3.05) is 6.61 Å². The lowest BCUT2D eigenvalue weighted by molar-refractivity contribution is -0.143. The lowest BCUT2D eigenvalue weighted by Crippen LogP contribution is -2.34. The summed E-state index contributed by atoms with van der Waals surface area (Å²) in [5, 5.41) is 0. The zero-order valence-electron chi connectivity index (χ0n) is 9.87. The van der Waals surface area contributed by atoms with Crippen molar-refractivity contribution in [2.24, 2.45) is 0 Å². The monoisotopic (exact) mass is 220 g/mol. The Morgan fingerprint density at radius 1 is 1.38 bits per heavy atom. The first kappa shape index (κ1) is 11.5. The third kappa shape index (κ3) is 1.83. The van der Waals surface area contributed by atoms with Gasteiger partial charge in [-0.2, -0.15) is 0 Å². The molecule has 0 bridgehead atoms. The van der Waals surface area contributed by atoms with Crippen LogP contribution in [-0.4, -0.2) is 30.2 Å². The summed E-state index contributed by atoms with van der Waals surface area (Å²) in [5.74, 6) is 8.06. The van der Waals surface area contributed by atoms with Crippen LogP contribution >= 0.6 is 0 Å². The molecule has 0 unspecified atom stereocenters. The van der Waals surface area contributed by atoms with Crippen molar-refractivity contribution in [3.63, 3.8) is 0 Å². The lowest BCUT2D eigenvalue weighted by Gasteiger charge is -2.18. The van der Waals surface area contributed by atoms with Crippen LogP contribution in [0.5, 0.6) is 0 Å². The minimum atomic E-state index is -0.698. The maximum absolute atomic E-state index is 5.72. The second-order valence-corrected chi connectivity index (χ2v) is 4.43. The predicted molar refractivity (Wildman–Crippen MR) is 59.4 cm³/mol. The maximum atomic E-state index is 5.72. The van der Waals surface area contributed by atoms with Crippen LogP contribution in [0.15, 0.2) is 0 Å². The number of hydrogen-bond acceptors (Lipinski definition) is 3. The molecular formula is C13H16O3. The minimum Gasteiger partial charge on any atom is -0.348 e. The molecule has 3 heteroatoms. The van der Waals surface area contributed by atoms with Gasteiger partial charge in [0.2, 0.25) is 0 Å². The Kier molecular flexibility index (Phi) is 2.72. The van der Waals surface area contributed by atoms with Gasteiger partial charge in [0.05, 0.1) is 6.61 Å². The van der Waals surface area contributed by atoms with Gasteiger partial charge in [0.1, 0.15) is 6.10 Å². The van der Waals surface area contributed by atoms with Gasteiger partial charge in [-0.15, -0.1) is 12.3 Å².